The molecule has 0 aromatic rings. The molecule has 0 spiro atoms. The Hall–Kier alpha value is -0.0800. The van der Waals surface area contributed by atoms with E-state index >= 15 is 0 Å². The van der Waals surface area contributed by atoms with Crippen LogP contribution >= 0.6 is 0 Å². The highest BCUT2D eigenvalue weighted by atomic mass is 15.0. The van der Waals surface area contributed by atoms with Crippen molar-refractivity contribution in [3.8, 4) is 0 Å². The highest BCUT2D eigenvalue weighted by Gasteiger charge is 1.83. The van der Waals surface area contributed by atoms with Crippen LogP contribution in [0.3, 0.4) is 0 Å². The lowest BCUT2D eigenvalue weighted by molar-refractivity contribution is 0.403. The summed E-state index contributed by atoms with van der Waals surface area (Å²) in [5, 5.41) is 0. The van der Waals surface area contributed by atoms with Gasteiger partial charge in [-0.3, -0.25) is 0 Å². The molecule has 0 saturated heterocycles. The minimum atomic E-state index is -1.95. The Bertz CT molecular complexity index is 129. The molecule has 0 aliphatic rings. The molecule has 7 heavy (non-hydrogen) atoms. The van der Waals surface area contributed by atoms with E-state index in [1.807, 2.05) is 0 Å². The van der Waals surface area contributed by atoms with Crippen LogP contribution in [0.25, 0.3) is 0 Å². The van der Waals surface area contributed by atoms with Crippen LogP contribution in [0.2, 0.25) is 0 Å². The number of rotatable bonds is 3. The van der Waals surface area contributed by atoms with Crippen LogP contribution < -0.4 is 5.73 Å². The monoisotopic (exact) mass is 106 g/mol. The molecule has 0 fully saturated rings. The summed E-state index contributed by atoms with van der Waals surface area (Å²) in [7, 11) is 3.09. The first-order valence-corrected chi connectivity index (χ1v) is 2.11. The van der Waals surface area contributed by atoms with E-state index in [1.54, 1.807) is 14.1 Å². The van der Waals surface area contributed by atoms with Gasteiger partial charge in [-0.2, -0.15) is 0 Å². The maximum Gasteiger partial charge on any atom is 0.0431 e. The second-order valence-corrected chi connectivity index (χ2v) is 1.43. The van der Waals surface area contributed by atoms with Crippen molar-refractivity contribution in [3.63, 3.8) is 0 Å². The molecule has 0 bridgehead atoms. The third kappa shape index (κ3) is 5.92. The van der Waals surface area contributed by atoms with E-state index in [9.17, 15) is 0 Å². The Morgan fingerprint density at radius 3 is 2.43 bits per heavy atom. The first-order chi connectivity index (χ1) is 4.65. The third-order valence-corrected chi connectivity index (χ3v) is 0.497. The van der Waals surface area contributed by atoms with Crippen molar-refractivity contribution in [2.45, 2.75) is 6.42 Å². The Kier molecular flexibility index (Phi) is 1.44. The van der Waals surface area contributed by atoms with E-state index in [0.717, 1.165) is 0 Å². The van der Waals surface area contributed by atoms with Crippen LogP contribution in [0.5, 0.6) is 0 Å². The van der Waals surface area contributed by atoms with Gasteiger partial charge in [0.15, 0.2) is 0 Å². The van der Waals surface area contributed by atoms with Gasteiger partial charge in [-0.05, 0) is 33.5 Å². The SMILES string of the molecule is [2H]C([2H])(N)CC([2H])([2H])N(C)C. The summed E-state index contributed by atoms with van der Waals surface area (Å²) in [6, 6.07) is 0. The number of nitrogens with zero attached hydrogens (tertiary/aromatic N) is 1. The molecule has 0 aliphatic carbocycles. The van der Waals surface area contributed by atoms with Gasteiger partial charge in [0.2, 0.25) is 0 Å². The van der Waals surface area contributed by atoms with Crippen LogP contribution in [-0.4, -0.2) is 32.0 Å². The summed E-state index contributed by atoms with van der Waals surface area (Å²) in [4.78, 5) is 1.30. The smallest absolute Gasteiger partial charge is 0.0431 e. The Labute approximate surface area is 50.9 Å². The molecule has 0 unspecified atom stereocenters. The first-order valence-electron chi connectivity index (χ1n) is 4.11. The molecule has 0 heterocycles. The fourth-order valence-electron chi connectivity index (χ4n) is 0.204. The topological polar surface area (TPSA) is 29.3 Å². The molecular formula is C5H14N2. The van der Waals surface area contributed by atoms with Crippen LogP contribution in [0, 0.1) is 0 Å². The normalized spacial score (nSPS) is 22.9. The molecule has 2 heteroatoms. The number of hydrogen-bond donors (Lipinski definition) is 1. The Morgan fingerprint density at radius 2 is 2.29 bits per heavy atom. The molecule has 0 saturated carbocycles. The summed E-state index contributed by atoms with van der Waals surface area (Å²) in [5.74, 6) is 0. The zero-order chi connectivity index (χ0) is 9.28. The molecule has 0 atom stereocenters. The van der Waals surface area contributed by atoms with Crippen LogP contribution in [0.4, 0.5) is 0 Å². The van der Waals surface area contributed by atoms with Gasteiger partial charge in [-0.1, -0.05) is 0 Å². The highest BCUT2D eigenvalue weighted by molar-refractivity contribution is 4.42. The van der Waals surface area contributed by atoms with E-state index in [2.05, 4.69) is 0 Å². The second kappa shape index (κ2) is 4.09. The van der Waals surface area contributed by atoms with Gasteiger partial charge in [0.25, 0.3) is 0 Å². The lowest BCUT2D eigenvalue weighted by Crippen LogP contribution is -2.16. The number of hydrogen-bond acceptors (Lipinski definition) is 2. The minimum Gasteiger partial charge on any atom is -0.330 e. The molecular weight excluding hydrogens is 88.1 g/mol. The average Bonchev–Trinajstić information content (AvgIpc) is 1.56. The van der Waals surface area contributed by atoms with Gasteiger partial charge in [-0.25, -0.2) is 0 Å². The quantitative estimate of drug-likeness (QED) is 0.544. The zero-order valence-electron chi connectivity index (χ0n) is 8.73. The highest BCUT2D eigenvalue weighted by Crippen LogP contribution is 1.76. The molecule has 0 amide bonds. The van der Waals surface area contributed by atoms with Crippen molar-refractivity contribution in [3.05, 3.63) is 0 Å². The molecule has 0 rings (SSSR count). The lowest BCUT2D eigenvalue weighted by atomic mass is 10.4. The molecule has 0 aromatic heterocycles. The molecule has 0 aliphatic heterocycles. The molecule has 44 valence electrons. The van der Waals surface area contributed by atoms with Gasteiger partial charge in [0.1, 0.15) is 0 Å². The van der Waals surface area contributed by atoms with Crippen LogP contribution in [0.1, 0.15) is 11.9 Å². The van der Waals surface area contributed by atoms with Crippen molar-refractivity contribution in [1.82, 2.24) is 4.90 Å². The van der Waals surface area contributed by atoms with E-state index < -0.39 is 13.0 Å². The third-order valence-electron chi connectivity index (χ3n) is 0.497. The molecule has 0 radical (unpaired) electrons. The van der Waals surface area contributed by atoms with Crippen molar-refractivity contribution >= 4 is 0 Å². The Balaban J connectivity index is 4.13. The van der Waals surface area contributed by atoms with Crippen molar-refractivity contribution in [1.29, 1.82) is 0 Å². The predicted molar refractivity (Wildman–Crippen MR) is 32.2 cm³/mol. The van der Waals surface area contributed by atoms with Gasteiger partial charge in [0.05, 0.1) is 0 Å². The van der Waals surface area contributed by atoms with Crippen LogP contribution in [0.15, 0.2) is 0 Å². The summed E-state index contributed by atoms with van der Waals surface area (Å²) in [5.41, 5.74) is 5.03. The summed E-state index contributed by atoms with van der Waals surface area (Å²) in [6.07, 6.45) is -0.326. The first kappa shape index (κ1) is 2.46. The van der Waals surface area contributed by atoms with Gasteiger partial charge in [0, 0.05) is 5.48 Å². The van der Waals surface area contributed by atoms with E-state index in [0.29, 0.717) is 0 Å². The van der Waals surface area contributed by atoms with E-state index in [4.69, 9.17) is 11.2 Å². The summed E-state index contributed by atoms with van der Waals surface area (Å²) < 4.78 is 28.5. The maximum atomic E-state index is 7.31. The minimum absolute atomic E-state index is 0.326. The fraction of sp³-hybridized carbons (Fsp3) is 1.00. The zero-order valence-corrected chi connectivity index (χ0v) is 4.73. The second-order valence-electron chi connectivity index (χ2n) is 1.43. The standard InChI is InChI=1S/C5H14N2/c1-7(2)5-3-4-6/h3-6H2,1-2H3/i4D2,5D2. The largest absolute Gasteiger partial charge is 0.330 e. The molecule has 0 aromatic carbocycles. The van der Waals surface area contributed by atoms with Gasteiger partial charge < -0.3 is 10.6 Å². The predicted octanol–water partition coefficient (Wildman–Crippen LogP) is -0.103. The number of nitrogens with two attached hydrogens (primary N) is 1. The van der Waals surface area contributed by atoms with Crippen molar-refractivity contribution in [2.24, 2.45) is 5.73 Å². The van der Waals surface area contributed by atoms with Crippen LogP contribution in [-0.2, 0) is 0 Å². The Morgan fingerprint density at radius 1 is 1.71 bits per heavy atom. The maximum absolute atomic E-state index is 7.31. The summed E-state index contributed by atoms with van der Waals surface area (Å²) >= 11 is 0. The van der Waals surface area contributed by atoms with Crippen molar-refractivity contribution in [2.75, 3.05) is 27.1 Å². The van der Waals surface area contributed by atoms with E-state index in [-0.39, 0.29) is 6.42 Å². The lowest BCUT2D eigenvalue weighted by Gasteiger charge is -2.05. The van der Waals surface area contributed by atoms with E-state index in [1.165, 1.54) is 4.90 Å². The molecule has 2 N–H and O–H groups in total. The van der Waals surface area contributed by atoms with Gasteiger partial charge >= 0.3 is 0 Å². The van der Waals surface area contributed by atoms with Gasteiger partial charge in [-0.15, -0.1) is 0 Å². The summed E-state index contributed by atoms with van der Waals surface area (Å²) in [6.45, 7) is -3.63. The van der Waals surface area contributed by atoms with Crippen molar-refractivity contribution < 1.29 is 5.48 Å². The average molecular weight is 106 g/mol. The molecule has 2 nitrogen and oxygen atoms in total. The fourth-order valence-corrected chi connectivity index (χ4v) is 0.204.